The predicted octanol–water partition coefficient (Wildman–Crippen LogP) is 1.80. The molecule has 21 heavy (non-hydrogen) atoms. The average Bonchev–Trinajstić information content (AvgIpc) is 2.78. The number of rotatable bonds is 5. The fourth-order valence-corrected chi connectivity index (χ4v) is 3.00. The van der Waals surface area contributed by atoms with E-state index < -0.39 is 11.2 Å². The fourth-order valence-electron chi connectivity index (χ4n) is 1.61. The average molecular weight is 323 g/mol. The molecule has 0 saturated carbocycles. The summed E-state index contributed by atoms with van der Waals surface area (Å²) in [5.41, 5.74) is 0.905. The first-order valence-corrected chi connectivity index (χ1v) is 8.13. The molecule has 2 N–H and O–H groups in total. The molecule has 6 nitrogen and oxygen atoms in total. The van der Waals surface area contributed by atoms with Crippen LogP contribution in [-0.4, -0.2) is 39.9 Å². The van der Waals surface area contributed by atoms with E-state index in [1.54, 1.807) is 18.0 Å². The molecular weight excluding hydrogens is 310 g/mol. The van der Waals surface area contributed by atoms with Crippen molar-refractivity contribution in [2.75, 3.05) is 6.26 Å². The summed E-state index contributed by atoms with van der Waals surface area (Å²) in [4.78, 5) is 23.2. The van der Waals surface area contributed by atoms with E-state index in [4.69, 9.17) is 5.11 Å². The number of nitrogens with one attached hydrogen (secondary N) is 1. The summed E-state index contributed by atoms with van der Waals surface area (Å²) < 4.78 is 0. The molecule has 1 aromatic rings. The molecule has 1 unspecified atom stereocenters. The molecule has 1 aromatic carbocycles. The summed E-state index contributed by atoms with van der Waals surface area (Å²) in [5.74, 6) is -1.36. The smallest absolute Gasteiger partial charge is 0.305 e. The van der Waals surface area contributed by atoms with Gasteiger partial charge < -0.3 is 10.4 Å². The van der Waals surface area contributed by atoms with Gasteiger partial charge in [-0.05, 0) is 24.0 Å². The molecular formula is C13H13N3O3S2. The van der Waals surface area contributed by atoms with Crippen molar-refractivity contribution in [2.45, 2.75) is 16.6 Å². The number of carbonyl (C=O) groups excluding carboxylic acids is 1. The van der Waals surface area contributed by atoms with E-state index in [1.807, 2.05) is 30.5 Å². The molecule has 1 saturated heterocycles. The maximum atomic E-state index is 11.5. The Hall–Kier alpha value is -1.80. The quantitative estimate of drug-likeness (QED) is 0.490. The molecule has 110 valence electrons. The zero-order chi connectivity index (χ0) is 15.2. The monoisotopic (exact) mass is 323 g/mol. The summed E-state index contributed by atoms with van der Waals surface area (Å²) in [7, 11) is 0. The molecule has 1 atom stereocenters. The fraction of sp³-hybridized carbons (Fsp3) is 0.231. The van der Waals surface area contributed by atoms with Crippen molar-refractivity contribution in [1.29, 1.82) is 0 Å². The highest BCUT2D eigenvalue weighted by molar-refractivity contribution is 8.15. The maximum absolute atomic E-state index is 11.5. The molecule has 1 heterocycles. The highest BCUT2D eigenvalue weighted by Crippen LogP contribution is 2.22. The van der Waals surface area contributed by atoms with Gasteiger partial charge in [0.25, 0.3) is 0 Å². The third-order valence-electron chi connectivity index (χ3n) is 2.59. The summed E-state index contributed by atoms with van der Waals surface area (Å²) in [5, 5.41) is 18.7. The first-order valence-electron chi connectivity index (χ1n) is 6.03. The Morgan fingerprint density at radius 3 is 3.10 bits per heavy atom. The molecule has 1 aliphatic rings. The molecule has 0 bridgehead atoms. The van der Waals surface area contributed by atoms with Gasteiger partial charge in [-0.15, -0.1) is 16.9 Å². The van der Waals surface area contributed by atoms with Crippen molar-refractivity contribution in [1.82, 2.24) is 5.32 Å². The van der Waals surface area contributed by atoms with Gasteiger partial charge in [0.1, 0.15) is 5.25 Å². The first-order chi connectivity index (χ1) is 10.1. The normalized spacial score (nSPS) is 20.1. The van der Waals surface area contributed by atoms with Crippen molar-refractivity contribution < 1.29 is 14.7 Å². The standard InChI is InChI=1S/C13H13N3O3S2/c1-20-9-4-2-3-8(5-9)7-14-16-13-15-12(19)10(21-13)6-11(17)18/h2-5,7,10H,6H2,1H3,(H,17,18)(H,15,16,19). The lowest BCUT2D eigenvalue weighted by Gasteiger charge is -1.98. The van der Waals surface area contributed by atoms with E-state index in [0.717, 1.165) is 22.2 Å². The zero-order valence-corrected chi connectivity index (χ0v) is 12.8. The number of nitrogens with zero attached hydrogens (tertiary/aromatic N) is 2. The van der Waals surface area contributed by atoms with Gasteiger partial charge in [-0.2, -0.15) is 5.10 Å². The summed E-state index contributed by atoms with van der Waals surface area (Å²) >= 11 is 2.71. The lowest BCUT2D eigenvalue weighted by molar-refractivity contribution is -0.138. The molecule has 1 amide bonds. The number of amidine groups is 1. The summed E-state index contributed by atoms with van der Waals surface area (Å²) in [6.45, 7) is 0. The lowest BCUT2D eigenvalue weighted by atomic mass is 10.2. The Morgan fingerprint density at radius 2 is 2.38 bits per heavy atom. The Labute approximate surface area is 130 Å². The number of hydrogen-bond donors (Lipinski definition) is 2. The topological polar surface area (TPSA) is 91.1 Å². The summed E-state index contributed by atoms with van der Waals surface area (Å²) in [6.07, 6.45) is 3.35. The molecule has 0 aliphatic carbocycles. The molecule has 0 spiro atoms. The number of hydrogen-bond acceptors (Lipinski definition) is 6. The number of amides is 1. The van der Waals surface area contributed by atoms with E-state index >= 15 is 0 Å². The second-order valence-corrected chi connectivity index (χ2v) is 6.19. The lowest BCUT2D eigenvalue weighted by Crippen LogP contribution is -2.26. The summed E-state index contributed by atoms with van der Waals surface area (Å²) in [6, 6.07) is 7.80. The van der Waals surface area contributed by atoms with Crippen molar-refractivity contribution in [3.8, 4) is 0 Å². The Bertz CT molecular complexity index is 616. The van der Waals surface area contributed by atoms with E-state index in [1.165, 1.54) is 0 Å². The van der Waals surface area contributed by atoms with E-state index in [0.29, 0.717) is 5.17 Å². The largest absolute Gasteiger partial charge is 0.481 e. The second-order valence-electron chi connectivity index (χ2n) is 4.12. The minimum atomic E-state index is -1.01. The third kappa shape index (κ3) is 4.61. The molecule has 1 aliphatic heterocycles. The Kier molecular flexibility index (Phi) is 5.40. The number of benzene rings is 1. The van der Waals surface area contributed by atoms with Gasteiger partial charge in [0, 0.05) is 4.90 Å². The van der Waals surface area contributed by atoms with Crippen LogP contribution in [0.1, 0.15) is 12.0 Å². The number of aliphatic carboxylic acids is 1. The second kappa shape index (κ2) is 7.28. The van der Waals surface area contributed by atoms with Crippen LogP contribution in [0.4, 0.5) is 0 Å². The molecule has 2 rings (SSSR count). The van der Waals surface area contributed by atoms with Gasteiger partial charge in [0.2, 0.25) is 5.91 Å². The highest BCUT2D eigenvalue weighted by atomic mass is 32.2. The minimum absolute atomic E-state index is 0.227. The van der Waals surface area contributed by atoms with Crippen LogP contribution < -0.4 is 5.32 Å². The van der Waals surface area contributed by atoms with E-state index in [2.05, 4.69) is 15.5 Å². The van der Waals surface area contributed by atoms with E-state index in [9.17, 15) is 9.59 Å². The minimum Gasteiger partial charge on any atom is -0.481 e. The number of carbonyl (C=O) groups is 2. The maximum Gasteiger partial charge on any atom is 0.305 e. The highest BCUT2D eigenvalue weighted by Gasteiger charge is 2.32. The third-order valence-corrected chi connectivity index (χ3v) is 4.38. The number of thioether (sulfide) groups is 2. The van der Waals surface area contributed by atoms with Gasteiger partial charge in [-0.3, -0.25) is 9.59 Å². The van der Waals surface area contributed by atoms with Crippen molar-refractivity contribution in [3.05, 3.63) is 29.8 Å². The van der Waals surface area contributed by atoms with Gasteiger partial charge >= 0.3 is 5.97 Å². The van der Waals surface area contributed by atoms with Crippen LogP contribution in [0, 0.1) is 0 Å². The zero-order valence-electron chi connectivity index (χ0n) is 11.1. The Balaban J connectivity index is 1.99. The molecule has 0 radical (unpaired) electrons. The van der Waals surface area contributed by atoms with Crippen LogP contribution in [0.5, 0.6) is 0 Å². The molecule has 0 aromatic heterocycles. The van der Waals surface area contributed by atoms with Crippen LogP contribution in [0.25, 0.3) is 0 Å². The van der Waals surface area contributed by atoms with Crippen molar-refractivity contribution in [2.24, 2.45) is 10.2 Å². The van der Waals surface area contributed by atoms with Crippen LogP contribution in [0.15, 0.2) is 39.4 Å². The van der Waals surface area contributed by atoms with Crippen LogP contribution >= 0.6 is 23.5 Å². The molecule has 8 heteroatoms. The number of carboxylic acid groups (broad SMARTS) is 1. The van der Waals surface area contributed by atoms with Crippen LogP contribution in [0.3, 0.4) is 0 Å². The molecule has 1 fully saturated rings. The SMILES string of the molecule is CSc1cccc(C=NN=C2NC(=O)C(CC(=O)O)S2)c1. The van der Waals surface area contributed by atoms with Crippen molar-refractivity contribution >= 4 is 46.8 Å². The van der Waals surface area contributed by atoms with E-state index in [-0.39, 0.29) is 12.3 Å². The van der Waals surface area contributed by atoms with Gasteiger partial charge in [-0.1, -0.05) is 23.9 Å². The van der Waals surface area contributed by atoms with Crippen LogP contribution in [0.2, 0.25) is 0 Å². The number of carboxylic acids is 1. The Morgan fingerprint density at radius 1 is 1.57 bits per heavy atom. The predicted molar refractivity (Wildman–Crippen MR) is 85.0 cm³/mol. The van der Waals surface area contributed by atoms with Crippen LogP contribution in [-0.2, 0) is 9.59 Å². The van der Waals surface area contributed by atoms with Gasteiger partial charge in [0.15, 0.2) is 5.17 Å². The van der Waals surface area contributed by atoms with Gasteiger partial charge in [-0.25, -0.2) is 0 Å². The van der Waals surface area contributed by atoms with Gasteiger partial charge in [0.05, 0.1) is 12.6 Å². The first kappa shape index (κ1) is 15.6. The van der Waals surface area contributed by atoms with Crippen molar-refractivity contribution in [3.63, 3.8) is 0 Å².